The van der Waals surface area contributed by atoms with Gasteiger partial charge < -0.3 is 20.2 Å². The number of carbonyl (C=O) groups is 1. The van der Waals surface area contributed by atoms with Crippen LogP contribution in [0.4, 0.5) is 11.6 Å². The van der Waals surface area contributed by atoms with Crippen molar-refractivity contribution in [2.75, 3.05) is 17.7 Å². The van der Waals surface area contributed by atoms with Crippen molar-refractivity contribution in [1.82, 2.24) is 0 Å². The Morgan fingerprint density at radius 2 is 2.11 bits per heavy atom. The maximum atomic E-state index is 11.9. The Balaban J connectivity index is 2.16. The molecular formula is C13H14N2O3. The Kier molecular flexibility index (Phi) is 3.52. The van der Waals surface area contributed by atoms with Crippen molar-refractivity contribution < 1.29 is 13.9 Å². The Hall–Kier alpha value is -2.43. The number of hydrogen-bond donors (Lipinski definition) is 2. The molecule has 0 saturated carbocycles. The van der Waals surface area contributed by atoms with Gasteiger partial charge in [0, 0.05) is 6.07 Å². The molecule has 1 aromatic heterocycles. The van der Waals surface area contributed by atoms with Crippen LogP contribution in [-0.2, 0) is 0 Å². The van der Waals surface area contributed by atoms with Crippen LogP contribution in [0.25, 0.3) is 0 Å². The van der Waals surface area contributed by atoms with E-state index < -0.39 is 0 Å². The molecule has 0 aliphatic carbocycles. The van der Waals surface area contributed by atoms with E-state index in [-0.39, 0.29) is 17.6 Å². The average molecular weight is 246 g/mol. The molecule has 0 unspecified atom stereocenters. The van der Waals surface area contributed by atoms with Crippen LogP contribution in [0.1, 0.15) is 17.5 Å². The third kappa shape index (κ3) is 2.63. The fourth-order valence-electron chi connectivity index (χ4n) is 1.51. The van der Waals surface area contributed by atoms with Gasteiger partial charge in [0.05, 0.1) is 12.3 Å². The normalized spacial score (nSPS) is 10.1. The Labute approximate surface area is 105 Å². The molecule has 5 nitrogen and oxygen atoms in total. The third-order valence-corrected chi connectivity index (χ3v) is 2.29. The fraction of sp³-hybridized carbons (Fsp3) is 0.154. The van der Waals surface area contributed by atoms with Crippen LogP contribution in [0, 0.1) is 0 Å². The number of rotatable bonds is 4. The summed E-state index contributed by atoms with van der Waals surface area (Å²) in [5.41, 5.74) is 6.01. The second kappa shape index (κ2) is 5.27. The van der Waals surface area contributed by atoms with Crippen LogP contribution in [-0.4, -0.2) is 12.5 Å². The van der Waals surface area contributed by atoms with Crippen LogP contribution in [0.5, 0.6) is 5.75 Å². The van der Waals surface area contributed by atoms with E-state index in [0.29, 0.717) is 18.0 Å². The van der Waals surface area contributed by atoms with Gasteiger partial charge in [0.1, 0.15) is 5.75 Å². The summed E-state index contributed by atoms with van der Waals surface area (Å²) in [7, 11) is 0. The van der Waals surface area contributed by atoms with Gasteiger partial charge in [0.2, 0.25) is 0 Å². The Bertz CT molecular complexity index is 549. The summed E-state index contributed by atoms with van der Waals surface area (Å²) in [6.45, 7) is 2.41. The molecule has 0 atom stereocenters. The van der Waals surface area contributed by atoms with E-state index in [1.54, 1.807) is 12.1 Å². The van der Waals surface area contributed by atoms with Crippen molar-refractivity contribution in [2.24, 2.45) is 0 Å². The molecule has 1 amide bonds. The highest BCUT2D eigenvalue weighted by Gasteiger charge is 2.12. The average Bonchev–Trinajstić information content (AvgIpc) is 2.79. The van der Waals surface area contributed by atoms with Crippen LogP contribution in [0.3, 0.4) is 0 Å². The zero-order valence-corrected chi connectivity index (χ0v) is 9.97. The molecule has 0 aliphatic heterocycles. The van der Waals surface area contributed by atoms with Gasteiger partial charge in [-0.3, -0.25) is 4.79 Å². The van der Waals surface area contributed by atoms with E-state index in [9.17, 15) is 4.79 Å². The first kappa shape index (κ1) is 12.0. The van der Waals surface area contributed by atoms with Gasteiger partial charge in [-0.05, 0) is 25.1 Å². The number of hydrogen-bond acceptors (Lipinski definition) is 4. The first-order valence-electron chi connectivity index (χ1n) is 5.59. The number of nitrogens with two attached hydrogens (primary N) is 1. The van der Waals surface area contributed by atoms with E-state index >= 15 is 0 Å². The van der Waals surface area contributed by atoms with Crippen LogP contribution in [0.15, 0.2) is 40.8 Å². The van der Waals surface area contributed by atoms with Crippen LogP contribution >= 0.6 is 0 Å². The minimum absolute atomic E-state index is 0.166. The molecule has 0 saturated heterocycles. The highest BCUT2D eigenvalue weighted by Crippen LogP contribution is 2.24. The number of furan rings is 1. The van der Waals surface area contributed by atoms with Gasteiger partial charge in [0.15, 0.2) is 11.6 Å². The van der Waals surface area contributed by atoms with E-state index in [1.165, 1.54) is 12.1 Å². The fourth-order valence-corrected chi connectivity index (χ4v) is 1.51. The number of anilines is 2. The van der Waals surface area contributed by atoms with E-state index in [0.717, 1.165) is 0 Å². The molecule has 5 heteroatoms. The van der Waals surface area contributed by atoms with Crippen LogP contribution in [0.2, 0.25) is 0 Å². The van der Waals surface area contributed by atoms with Gasteiger partial charge in [-0.1, -0.05) is 12.1 Å². The summed E-state index contributed by atoms with van der Waals surface area (Å²) >= 11 is 0. The Morgan fingerprint density at radius 1 is 1.33 bits per heavy atom. The second-order valence-electron chi connectivity index (χ2n) is 3.59. The predicted octanol–water partition coefficient (Wildman–Crippen LogP) is 2.51. The monoisotopic (exact) mass is 246 g/mol. The molecule has 2 aromatic rings. The van der Waals surface area contributed by atoms with Crippen LogP contribution < -0.4 is 15.8 Å². The summed E-state index contributed by atoms with van der Waals surface area (Å²) in [5.74, 6) is 0.628. The smallest absolute Gasteiger partial charge is 0.291 e. The van der Waals surface area contributed by atoms with Crippen molar-refractivity contribution in [2.45, 2.75) is 6.92 Å². The maximum Gasteiger partial charge on any atom is 0.291 e. The number of nitrogen functional groups attached to an aromatic ring is 1. The van der Waals surface area contributed by atoms with Crippen molar-refractivity contribution >= 4 is 17.5 Å². The number of amides is 1. The maximum absolute atomic E-state index is 11.9. The molecule has 0 radical (unpaired) electrons. The van der Waals surface area contributed by atoms with Gasteiger partial charge >= 0.3 is 0 Å². The minimum Gasteiger partial charge on any atom is -0.492 e. The molecule has 94 valence electrons. The van der Waals surface area contributed by atoms with Gasteiger partial charge in [-0.15, -0.1) is 0 Å². The van der Waals surface area contributed by atoms with Gasteiger partial charge in [0.25, 0.3) is 5.91 Å². The number of carbonyl (C=O) groups excluding carboxylic acids is 1. The third-order valence-electron chi connectivity index (χ3n) is 2.29. The topological polar surface area (TPSA) is 77.5 Å². The molecule has 1 aromatic carbocycles. The highest BCUT2D eigenvalue weighted by atomic mass is 16.5. The summed E-state index contributed by atoms with van der Waals surface area (Å²) in [6, 6.07) is 10.3. The highest BCUT2D eigenvalue weighted by molar-refractivity contribution is 6.03. The lowest BCUT2D eigenvalue weighted by atomic mass is 10.3. The predicted molar refractivity (Wildman–Crippen MR) is 68.7 cm³/mol. The van der Waals surface area contributed by atoms with E-state index in [1.807, 2.05) is 19.1 Å². The molecule has 18 heavy (non-hydrogen) atoms. The van der Waals surface area contributed by atoms with Crippen molar-refractivity contribution in [3.8, 4) is 5.75 Å². The lowest BCUT2D eigenvalue weighted by Crippen LogP contribution is -2.12. The van der Waals surface area contributed by atoms with Crippen molar-refractivity contribution in [3.63, 3.8) is 0 Å². The molecule has 0 fully saturated rings. The van der Waals surface area contributed by atoms with E-state index in [2.05, 4.69) is 5.32 Å². The summed E-state index contributed by atoms with van der Waals surface area (Å²) in [6.07, 6.45) is 0. The summed E-state index contributed by atoms with van der Waals surface area (Å²) in [5, 5.41) is 2.71. The lowest BCUT2D eigenvalue weighted by molar-refractivity contribution is 0.0997. The molecule has 3 N–H and O–H groups in total. The number of para-hydroxylation sites is 2. The zero-order chi connectivity index (χ0) is 13.0. The summed E-state index contributed by atoms with van der Waals surface area (Å²) in [4.78, 5) is 11.9. The lowest BCUT2D eigenvalue weighted by Gasteiger charge is -2.10. The van der Waals surface area contributed by atoms with Crippen molar-refractivity contribution in [3.05, 3.63) is 42.2 Å². The molecule has 0 aliphatic rings. The van der Waals surface area contributed by atoms with Gasteiger partial charge in [-0.25, -0.2) is 0 Å². The largest absolute Gasteiger partial charge is 0.492 e. The Morgan fingerprint density at radius 3 is 2.78 bits per heavy atom. The molecule has 1 heterocycles. The number of benzene rings is 1. The SMILES string of the molecule is CCOc1ccccc1NC(=O)c1ccc(N)o1. The standard InChI is InChI=1S/C13H14N2O3/c1-2-17-10-6-4-3-5-9(10)15-13(16)11-7-8-12(14)18-11/h3-8H,2,14H2,1H3,(H,15,16). The number of ether oxygens (including phenoxy) is 1. The van der Waals surface area contributed by atoms with Gasteiger partial charge in [-0.2, -0.15) is 0 Å². The first-order chi connectivity index (χ1) is 8.70. The second-order valence-corrected chi connectivity index (χ2v) is 3.59. The molecule has 2 rings (SSSR count). The van der Waals surface area contributed by atoms with Crippen molar-refractivity contribution in [1.29, 1.82) is 0 Å². The quantitative estimate of drug-likeness (QED) is 0.868. The molecule has 0 bridgehead atoms. The first-order valence-corrected chi connectivity index (χ1v) is 5.59. The number of nitrogens with one attached hydrogen (secondary N) is 1. The molecular weight excluding hydrogens is 232 g/mol. The summed E-state index contributed by atoms with van der Waals surface area (Å²) < 4.78 is 10.5. The molecule has 0 spiro atoms. The van der Waals surface area contributed by atoms with E-state index in [4.69, 9.17) is 14.9 Å². The minimum atomic E-state index is -0.362. The zero-order valence-electron chi connectivity index (χ0n) is 9.97.